The van der Waals surface area contributed by atoms with Gasteiger partial charge in [-0.1, -0.05) is 24.1 Å². The van der Waals surface area contributed by atoms with E-state index < -0.39 is 5.60 Å². The zero-order valence-corrected chi connectivity index (χ0v) is 16.2. The van der Waals surface area contributed by atoms with Gasteiger partial charge in [0.15, 0.2) is 0 Å². The second-order valence-corrected chi connectivity index (χ2v) is 7.67. The Hall–Kier alpha value is -2.47. The number of rotatable bonds is 5. The number of nitrogens with zero attached hydrogens (tertiary/aromatic N) is 1. The number of ether oxygens (including phenoxy) is 1. The molecular formula is C20H23N3O2S. The minimum Gasteiger partial charge on any atom is -0.460 e. The lowest BCUT2D eigenvalue weighted by Crippen LogP contribution is -2.24. The molecular weight excluding hydrogens is 346 g/mol. The number of carbonyl (C=O) groups is 1. The van der Waals surface area contributed by atoms with Crippen molar-refractivity contribution < 1.29 is 9.53 Å². The number of aromatic amines is 1. The Balaban J connectivity index is 1.88. The first-order valence-electron chi connectivity index (χ1n) is 8.43. The van der Waals surface area contributed by atoms with E-state index in [1.165, 1.54) is 0 Å². The fourth-order valence-electron chi connectivity index (χ4n) is 2.80. The molecule has 0 aliphatic heterocycles. The molecule has 0 radical (unpaired) electrons. The third-order valence-electron chi connectivity index (χ3n) is 3.76. The van der Waals surface area contributed by atoms with Crippen LogP contribution in [0.25, 0.3) is 22.2 Å². The summed E-state index contributed by atoms with van der Waals surface area (Å²) in [6.07, 6.45) is 3.97. The van der Waals surface area contributed by atoms with Crippen molar-refractivity contribution in [1.82, 2.24) is 9.97 Å². The largest absolute Gasteiger partial charge is 0.460 e. The molecule has 2 N–H and O–H groups in total. The third-order valence-corrected chi connectivity index (χ3v) is 4.20. The van der Waals surface area contributed by atoms with Gasteiger partial charge in [-0.25, -0.2) is 4.98 Å². The highest BCUT2D eigenvalue weighted by Crippen LogP contribution is 2.29. The highest BCUT2D eigenvalue weighted by atomic mass is 32.2. The van der Waals surface area contributed by atoms with Crippen LogP contribution in [0, 0.1) is 0 Å². The van der Waals surface area contributed by atoms with Crippen molar-refractivity contribution in [2.45, 2.75) is 32.8 Å². The topological polar surface area (TPSA) is 67.0 Å². The molecule has 0 aliphatic carbocycles. The Kier molecular flexibility index (Phi) is 5.23. The molecule has 0 saturated heterocycles. The highest BCUT2D eigenvalue weighted by Gasteiger charge is 2.18. The number of anilines is 1. The number of fused-ring (bicyclic) bond motifs is 1. The number of hydrogen-bond donors (Lipinski definition) is 2. The summed E-state index contributed by atoms with van der Waals surface area (Å²) >= 11 is 1.56. The quantitative estimate of drug-likeness (QED) is 0.499. The van der Waals surface area contributed by atoms with Crippen LogP contribution < -0.4 is 4.72 Å². The van der Waals surface area contributed by atoms with Crippen LogP contribution in [0.1, 0.15) is 26.5 Å². The van der Waals surface area contributed by atoms with Crippen LogP contribution in [0.5, 0.6) is 0 Å². The van der Waals surface area contributed by atoms with Gasteiger partial charge >= 0.3 is 5.97 Å². The molecule has 1 aromatic carbocycles. The average molecular weight is 369 g/mol. The molecule has 2 heterocycles. The SMILES string of the molecule is CSNc1ccc(-c2ccnc3[nH]c(CC(=O)OC(C)(C)C)cc23)cc1. The molecule has 5 nitrogen and oxygen atoms in total. The molecule has 3 rings (SSSR count). The molecule has 26 heavy (non-hydrogen) atoms. The molecule has 0 fully saturated rings. The Labute approximate surface area is 157 Å². The van der Waals surface area contributed by atoms with Gasteiger partial charge in [-0.2, -0.15) is 0 Å². The van der Waals surface area contributed by atoms with E-state index in [1.807, 2.05) is 51.3 Å². The van der Waals surface area contributed by atoms with Crippen molar-refractivity contribution in [3.8, 4) is 11.1 Å². The summed E-state index contributed by atoms with van der Waals surface area (Å²) < 4.78 is 8.61. The number of carbonyl (C=O) groups excluding carboxylic acids is 1. The number of nitrogens with one attached hydrogen (secondary N) is 2. The van der Waals surface area contributed by atoms with E-state index in [0.717, 1.165) is 33.5 Å². The predicted octanol–water partition coefficient (Wildman–Crippen LogP) is 4.80. The van der Waals surface area contributed by atoms with E-state index in [0.29, 0.717) is 0 Å². The van der Waals surface area contributed by atoms with Crippen LogP contribution in [0.4, 0.5) is 5.69 Å². The van der Waals surface area contributed by atoms with Gasteiger partial charge in [0, 0.05) is 29.2 Å². The monoisotopic (exact) mass is 369 g/mol. The number of pyridine rings is 1. The van der Waals surface area contributed by atoms with Gasteiger partial charge in [-0.05, 0) is 56.2 Å². The summed E-state index contributed by atoms with van der Waals surface area (Å²) in [6, 6.07) is 12.2. The normalized spacial score (nSPS) is 11.5. The number of aromatic nitrogens is 2. The van der Waals surface area contributed by atoms with E-state index in [-0.39, 0.29) is 12.4 Å². The standard InChI is InChI=1S/C20H23N3O2S/c1-20(2,3)25-18(24)12-15-11-17-16(9-10-21-19(17)22-15)13-5-7-14(8-6-13)23-26-4/h5-11,23H,12H2,1-4H3,(H,21,22). The Morgan fingerprint density at radius 3 is 2.62 bits per heavy atom. The number of hydrogen-bond acceptors (Lipinski definition) is 5. The van der Waals surface area contributed by atoms with Crippen LogP contribution in [0.2, 0.25) is 0 Å². The molecule has 0 bridgehead atoms. The molecule has 0 atom stereocenters. The molecule has 3 aromatic rings. The molecule has 6 heteroatoms. The second kappa shape index (κ2) is 7.41. The smallest absolute Gasteiger partial charge is 0.312 e. The van der Waals surface area contributed by atoms with Crippen molar-refractivity contribution >= 4 is 34.6 Å². The van der Waals surface area contributed by atoms with Crippen LogP contribution in [0.3, 0.4) is 0 Å². The zero-order valence-electron chi connectivity index (χ0n) is 15.4. The summed E-state index contributed by atoms with van der Waals surface area (Å²) in [5.74, 6) is -0.252. The van der Waals surface area contributed by atoms with Gasteiger partial charge < -0.3 is 14.4 Å². The Morgan fingerprint density at radius 1 is 1.23 bits per heavy atom. The van der Waals surface area contributed by atoms with Gasteiger partial charge in [-0.15, -0.1) is 0 Å². The molecule has 0 amide bonds. The molecule has 0 unspecified atom stereocenters. The van der Waals surface area contributed by atoms with E-state index in [2.05, 4.69) is 26.8 Å². The van der Waals surface area contributed by atoms with E-state index in [4.69, 9.17) is 4.74 Å². The lowest BCUT2D eigenvalue weighted by Gasteiger charge is -2.19. The van der Waals surface area contributed by atoms with Gasteiger partial charge in [0.2, 0.25) is 0 Å². The van der Waals surface area contributed by atoms with Gasteiger partial charge in [0.25, 0.3) is 0 Å². The van der Waals surface area contributed by atoms with Gasteiger partial charge in [0.05, 0.1) is 6.42 Å². The van der Waals surface area contributed by atoms with Gasteiger partial charge in [-0.3, -0.25) is 4.79 Å². The van der Waals surface area contributed by atoms with Crippen LogP contribution >= 0.6 is 11.9 Å². The Morgan fingerprint density at radius 2 is 1.96 bits per heavy atom. The maximum absolute atomic E-state index is 12.1. The lowest BCUT2D eigenvalue weighted by molar-refractivity contribution is -0.153. The highest BCUT2D eigenvalue weighted by molar-refractivity contribution is 7.99. The molecule has 2 aromatic heterocycles. The van der Waals surface area contributed by atoms with Crippen molar-refractivity contribution in [1.29, 1.82) is 0 Å². The number of esters is 1. The van der Waals surface area contributed by atoms with E-state index >= 15 is 0 Å². The minimum atomic E-state index is -0.487. The summed E-state index contributed by atoms with van der Waals surface area (Å²) in [4.78, 5) is 19.7. The first-order valence-corrected chi connectivity index (χ1v) is 9.66. The number of benzene rings is 1. The molecule has 0 spiro atoms. The van der Waals surface area contributed by atoms with Crippen LogP contribution in [-0.4, -0.2) is 27.8 Å². The van der Waals surface area contributed by atoms with Crippen molar-refractivity contribution in [3.05, 3.63) is 48.3 Å². The minimum absolute atomic E-state index is 0.198. The maximum atomic E-state index is 12.1. The van der Waals surface area contributed by atoms with Crippen molar-refractivity contribution in [2.75, 3.05) is 11.0 Å². The zero-order chi connectivity index (χ0) is 18.7. The van der Waals surface area contributed by atoms with Crippen LogP contribution in [-0.2, 0) is 16.0 Å². The fourth-order valence-corrected chi connectivity index (χ4v) is 3.17. The van der Waals surface area contributed by atoms with Crippen molar-refractivity contribution in [2.24, 2.45) is 0 Å². The third kappa shape index (κ3) is 4.38. The predicted molar refractivity (Wildman–Crippen MR) is 108 cm³/mol. The average Bonchev–Trinajstić information content (AvgIpc) is 2.96. The summed E-state index contributed by atoms with van der Waals surface area (Å²) in [6.45, 7) is 5.60. The first kappa shape index (κ1) is 18.3. The Bertz CT molecular complexity index is 911. The summed E-state index contributed by atoms with van der Waals surface area (Å²) in [7, 11) is 0. The fraction of sp³-hybridized carbons (Fsp3) is 0.300. The molecule has 0 aliphatic rings. The van der Waals surface area contributed by atoms with E-state index in [1.54, 1.807) is 18.1 Å². The lowest BCUT2D eigenvalue weighted by atomic mass is 10.0. The maximum Gasteiger partial charge on any atom is 0.312 e. The first-order chi connectivity index (χ1) is 12.4. The second-order valence-electron chi connectivity index (χ2n) is 7.06. The molecule has 136 valence electrons. The summed E-state index contributed by atoms with van der Waals surface area (Å²) in [5.41, 5.74) is 4.33. The summed E-state index contributed by atoms with van der Waals surface area (Å²) in [5, 5.41) is 0.997. The van der Waals surface area contributed by atoms with Crippen LogP contribution in [0.15, 0.2) is 42.6 Å². The van der Waals surface area contributed by atoms with Crippen molar-refractivity contribution in [3.63, 3.8) is 0 Å². The number of H-pyrrole nitrogens is 1. The molecule has 0 saturated carbocycles. The van der Waals surface area contributed by atoms with Gasteiger partial charge in [0.1, 0.15) is 11.2 Å². The van der Waals surface area contributed by atoms with E-state index in [9.17, 15) is 4.79 Å².